The molecule has 0 spiro atoms. The standard InChI is InChI=1S/C22H31N7/c1-14-7-8-25-21(10-14)28-22-11-20(26-17(4)27-22)18-6-5-9-29(12-18)13-19(15(2)23)16(3)24/h7-8,10-11,18,23H,5-6,9,12-13,24H2,1-4H3,(H,25,26,27,28)/b19-16-,23-15?. The molecule has 0 amide bonds. The maximum absolute atomic E-state index is 7.99. The van der Waals surface area contributed by atoms with E-state index in [2.05, 4.69) is 20.2 Å². The predicted octanol–water partition coefficient (Wildman–Crippen LogP) is 3.68. The van der Waals surface area contributed by atoms with Crippen LogP contribution in [0.25, 0.3) is 0 Å². The van der Waals surface area contributed by atoms with Gasteiger partial charge in [-0.05, 0) is 64.8 Å². The van der Waals surface area contributed by atoms with E-state index in [1.165, 1.54) is 0 Å². The molecule has 1 unspecified atom stereocenters. The first-order chi connectivity index (χ1) is 13.8. The summed E-state index contributed by atoms with van der Waals surface area (Å²) in [5.74, 6) is 2.65. The molecule has 2 aromatic heterocycles. The van der Waals surface area contributed by atoms with Crippen LogP contribution in [0.15, 0.2) is 35.7 Å². The first-order valence-electron chi connectivity index (χ1n) is 10.1. The Hall–Kier alpha value is -2.80. The largest absolute Gasteiger partial charge is 0.402 e. The average Bonchev–Trinajstić information content (AvgIpc) is 2.65. The Morgan fingerprint density at radius 1 is 1.24 bits per heavy atom. The maximum Gasteiger partial charge on any atom is 0.135 e. The number of hydrogen-bond acceptors (Lipinski definition) is 7. The summed E-state index contributed by atoms with van der Waals surface area (Å²) in [6.45, 7) is 10.3. The van der Waals surface area contributed by atoms with Crippen LogP contribution in [0.3, 0.4) is 0 Å². The van der Waals surface area contributed by atoms with E-state index in [1.54, 1.807) is 13.1 Å². The zero-order valence-electron chi connectivity index (χ0n) is 17.8. The molecule has 0 saturated carbocycles. The second kappa shape index (κ2) is 9.13. The minimum absolute atomic E-state index is 0.335. The third-order valence-electron chi connectivity index (χ3n) is 5.26. The van der Waals surface area contributed by atoms with Gasteiger partial charge in [-0.3, -0.25) is 4.90 Å². The molecule has 29 heavy (non-hydrogen) atoms. The van der Waals surface area contributed by atoms with E-state index in [0.717, 1.165) is 72.5 Å². The van der Waals surface area contributed by atoms with Gasteiger partial charge in [-0.1, -0.05) is 0 Å². The van der Waals surface area contributed by atoms with Gasteiger partial charge in [-0.2, -0.15) is 0 Å². The zero-order valence-corrected chi connectivity index (χ0v) is 17.8. The van der Waals surface area contributed by atoms with Crippen molar-refractivity contribution in [1.29, 1.82) is 5.41 Å². The molecule has 0 bridgehead atoms. The third-order valence-corrected chi connectivity index (χ3v) is 5.26. The molecule has 1 atom stereocenters. The highest BCUT2D eigenvalue weighted by Crippen LogP contribution is 2.28. The number of rotatable bonds is 6. The summed E-state index contributed by atoms with van der Waals surface area (Å²) in [4.78, 5) is 16.0. The average molecular weight is 394 g/mol. The summed E-state index contributed by atoms with van der Waals surface area (Å²) < 4.78 is 0. The number of pyridine rings is 1. The number of nitrogens with one attached hydrogen (secondary N) is 2. The van der Waals surface area contributed by atoms with Crippen molar-refractivity contribution >= 4 is 17.3 Å². The van der Waals surface area contributed by atoms with Gasteiger partial charge in [0.1, 0.15) is 17.5 Å². The van der Waals surface area contributed by atoms with Crippen molar-refractivity contribution < 1.29 is 0 Å². The highest BCUT2D eigenvalue weighted by molar-refractivity contribution is 5.96. The summed E-state index contributed by atoms with van der Waals surface area (Å²) in [6.07, 6.45) is 3.99. The Labute approximate surface area is 173 Å². The highest BCUT2D eigenvalue weighted by Gasteiger charge is 2.24. The second-order valence-corrected chi connectivity index (χ2v) is 7.93. The van der Waals surface area contributed by atoms with Crippen molar-refractivity contribution in [2.24, 2.45) is 5.73 Å². The summed E-state index contributed by atoms with van der Waals surface area (Å²) in [5, 5.41) is 11.3. The summed E-state index contributed by atoms with van der Waals surface area (Å²) >= 11 is 0. The molecule has 2 aromatic rings. The Balaban J connectivity index is 1.76. The van der Waals surface area contributed by atoms with Crippen LogP contribution >= 0.6 is 0 Å². The van der Waals surface area contributed by atoms with Crippen LogP contribution in [-0.2, 0) is 0 Å². The van der Waals surface area contributed by atoms with Gasteiger partial charge in [-0.25, -0.2) is 15.0 Å². The number of piperidine rings is 1. The summed E-state index contributed by atoms with van der Waals surface area (Å²) in [5.41, 5.74) is 10.4. The first kappa shape index (κ1) is 20.9. The lowest BCUT2D eigenvalue weighted by Gasteiger charge is -2.33. The molecule has 1 fully saturated rings. The van der Waals surface area contributed by atoms with Crippen molar-refractivity contribution in [3.8, 4) is 0 Å². The molecule has 7 heteroatoms. The Morgan fingerprint density at radius 3 is 2.72 bits per heavy atom. The molecule has 0 aliphatic carbocycles. The topological polar surface area (TPSA) is 104 Å². The molecule has 0 radical (unpaired) electrons. The van der Waals surface area contributed by atoms with E-state index in [-0.39, 0.29) is 0 Å². The van der Waals surface area contributed by atoms with E-state index in [0.29, 0.717) is 11.6 Å². The van der Waals surface area contributed by atoms with Crippen LogP contribution in [0, 0.1) is 19.3 Å². The van der Waals surface area contributed by atoms with Crippen LogP contribution in [0.2, 0.25) is 0 Å². The van der Waals surface area contributed by atoms with Crippen molar-refractivity contribution in [2.75, 3.05) is 25.0 Å². The predicted molar refractivity (Wildman–Crippen MR) is 118 cm³/mol. The second-order valence-electron chi connectivity index (χ2n) is 7.93. The molecule has 4 N–H and O–H groups in total. The number of aromatic nitrogens is 3. The van der Waals surface area contributed by atoms with Crippen molar-refractivity contribution in [3.05, 3.63) is 52.7 Å². The van der Waals surface area contributed by atoms with Crippen molar-refractivity contribution in [3.63, 3.8) is 0 Å². The lowest BCUT2D eigenvalue weighted by Crippen LogP contribution is -2.37. The quantitative estimate of drug-likeness (QED) is 0.647. The van der Waals surface area contributed by atoms with Crippen LogP contribution in [-0.4, -0.2) is 45.2 Å². The van der Waals surface area contributed by atoms with Gasteiger partial charge >= 0.3 is 0 Å². The van der Waals surface area contributed by atoms with Crippen molar-refractivity contribution in [1.82, 2.24) is 19.9 Å². The van der Waals surface area contributed by atoms with Gasteiger partial charge in [0.05, 0.1) is 5.69 Å². The highest BCUT2D eigenvalue weighted by atomic mass is 15.1. The Morgan fingerprint density at radius 2 is 2.03 bits per heavy atom. The van der Waals surface area contributed by atoms with Crippen LogP contribution in [0.4, 0.5) is 11.6 Å². The molecule has 7 nitrogen and oxygen atoms in total. The van der Waals surface area contributed by atoms with Gasteiger partial charge in [-0.15, -0.1) is 0 Å². The van der Waals surface area contributed by atoms with Crippen molar-refractivity contribution in [2.45, 2.75) is 46.5 Å². The SMILES string of the molecule is CC(=N)/C(CN1CCCC(c2cc(Nc3cc(C)ccn3)nc(C)n2)C1)=C(/C)N. The Bertz CT molecular complexity index is 915. The van der Waals surface area contributed by atoms with Gasteiger partial charge in [0.15, 0.2) is 0 Å². The summed E-state index contributed by atoms with van der Waals surface area (Å²) in [7, 11) is 0. The number of nitrogens with zero attached hydrogens (tertiary/aromatic N) is 4. The number of aryl methyl sites for hydroxylation is 2. The normalized spacial score (nSPS) is 18.3. The number of likely N-dealkylation sites (tertiary alicyclic amines) is 1. The molecular formula is C22H31N7. The smallest absolute Gasteiger partial charge is 0.135 e. The molecule has 3 rings (SSSR count). The third kappa shape index (κ3) is 5.60. The Kier molecular flexibility index (Phi) is 6.59. The van der Waals surface area contributed by atoms with Gasteiger partial charge in [0.2, 0.25) is 0 Å². The minimum atomic E-state index is 0.335. The fourth-order valence-electron chi connectivity index (χ4n) is 3.80. The number of nitrogens with two attached hydrogens (primary N) is 1. The molecule has 1 aliphatic heterocycles. The molecule has 0 aromatic carbocycles. The lowest BCUT2D eigenvalue weighted by molar-refractivity contribution is 0.223. The lowest BCUT2D eigenvalue weighted by atomic mass is 9.93. The van der Waals surface area contributed by atoms with E-state index in [4.69, 9.17) is 16.1 Å². The van der Waals surface area contributed by atoms with E-state index in [1.807, 2.05) is 39.0 Å². The van der Waals surface area contributed by atoms with E-state index >= 15 is 0 Å². The van der Waals surface area contributed by atoms with Crippen LogP contribution in [0.1, 0.15) is 49.7 Å². The number of hydrogen-bond donors (Lipinski definition) is 3. The van der Waals surface area contributed by atoms with Gasteiger partial charge in [0, 0.05) is 48.3 Å². The first-order valence-corrected chi connectivity index (χ1v) is 10.1. The van der Waals surface area contributed by atoms with Gasteiger partial charge < -0.3 is 16.5 Å². The molecule has 3 heterocycles. The summed E-state index contributed by atoms with van der Waals surface area (Å²) in [6, 6.07) is 6.01. The monoisotopic (exact) mass is 393 g/mol. The maximum atomic E-state index is 7.99. The zero-order chi connectivity index (χ0) is 21.0. The molecule has 1 aliphatic rings. The minimum Gasteiger partial charge on any atom is -0.402 e. The fourth-order valence-corrected chi connectivity index (χ4v) is 3.80. The number of allylic oxidation sites excluding steroid dienone is 1. The fraction of sp³-hybridized carbons (Fsp3) is 0.455. The molecular weight excluding hydrogens is 362 g/mol. The van der Waals surface area contributed by atoms with E-state index < -0.39 is 0 Å². The van der Waals surface area contributed by atoms with E-state index in [9.17, 15) is 0 Å². The van der Waals surface area contributed by atoms with Crippen LogP contribution < -0.4 is 11.1 Å². The van der Waals surface area contributed by atoms with Crippen LogP contribution in [0.5, 0.6) is 0 Å². The molecule has 154 valence electrons. The van der Waals surface area contributed by atoms with Gasteiger partial charge in [0.25, 0.3) is 0 Å². The number of anilines is 2. The molecule has 1 saturated heterocycles.